The van der Waals surface area contributed by atoms with Gasteiger partial charge in [0.1, 0.15) is 11.6 Å². The second-order valence-electron chi connectivity index (χ2n) is 14.0. The molecule has 52 heavy (non-hydrogen) atoms. The molecule has 0 saturated carbocycles. The van der Waals surface area contributed by atoms with Crippen LogP contribution < -0.4 is 0 Å². The molecule has 8 aromatic carbocycles. The zero-order chi connectivity index (χ0) is 35.1. The topological polar surface area (TPSA) is 35.6 Å². The van der Waals surface area contributed by atoms with Crippen LogP contribution in [0.15, 0.2) is 146 Å². The first kappa shape index (κ1) is 30.3. The van der Waals surface area contributed by atoms with Gasteiger partial charge in [-0.25, -0.2) is 9.97 Å². The van der Waals surface area contributed by atoms with Gasteiger partial charge in [-0.15, -0.1) is 0 Å². The Kier molecular flexibility index (Phi) is 6.71. The standard InChI is InChI=1S/C48H36N4/c1-29-49-43-24-22-33(26-45(43)51(29)3)35-16-10-19-38-41(35)28-42-36(34-23-25-44-46(27-34)52(4)30(2)50-44)17-11-20-39(42)48(38)40-21-9-15-32-14-8-18-37(47(32)40)31-12-6-5-7-13-31/h5-28H,1-4H3. The molecule has 0 aliphatic rings. The van der Waals surface area contributed by atoms with Gasteiger partial charge in [0.05, 0.1) is 22.1 Å². The van der Waals surface area contributed by atoms with Crippen molar-refractivity contribution in [1.29, 1.82) is 0 Å². The lowest BCUT2D eigenvalue weighted by atomic mass is 9.83. The third-order valence-electron chi connectivity index (χ3n) is 11.1. The lowest BCUT2D eigenvalue weighted by Crippen LogP contribution is -1.93. The van der Waals surface area contributed by atoms with Gasteiger partial charge in [-0.2, -0.15) is 0 Å². The van der Waals surface area contributed by atoms with Crippen molar-refractivity contribution in [1.82, 2.24) is 19.1 Å². The summed E-state index contributed by atoms with van der Waals surface area (Å²) in [5.74, 6) is 2.02. The number of imidazole rings is 2. The highest BCUT2D eigenvalue weighted by Crippen LogP contribution is 2.46. The Labute approximate surface area is 302 Å². The second kappa shape index (κ2) is 11.5. The minimum Gasteiger partial charge on any atom is -0.331 e. The van der Waals surface area contributed by atoms with Crippen molar-refractivity contribution in [2.45, 2.75) is 13.8 Å². The fourth-order valence-corrected chi connectivity index (χ4v) is 8.32. The van der Waals surface area contributed by atoms with Crippen molar-refractivity contribution >= 4 is 54.4 Å². The quantitative estimate of drug-likeness (QED) is 0.175. The number of hydrogen-bond donors (Lipinski definition) is 0. The van der Waals surface area contributed by atoms with E-state index < -0.39 is 0 Å². The Morgan fingerprint density at radius 2 is 0.904 bits per heavy atom. The SMILES string of the molecule is Cc1nc2ccc(-c3cccc4c(-c5cccc6cccc(-c7ccccc7)c56)c5cccc(-c6ccc7nc(C)n(C)c7c6)c5cc34)cc2n1C. The van der Waals surface area contributed by atoms with Crippen molar-refractivity contribution < 1.29 is 0 Å². The van der Waals surface area contributed by atoms with Crippen molar-refractivity contribution in [3.05, 3.63) is 157 Å². The average molecular weight is 669 g/mol. The summed E-state index contributed by atoms with van der Waals surface area (Å²) in [5.41, 5.74) is 14.0. The van der Waals surface area contributed by atoms with Gasteiger partial charge in [0.25, 0.3) is 0 Å². The van der Waals surface area contributed by atoms with Crippen molar-refractivity contribution in [2.75, 3.05) is 0 Å². The summed E-state index contributed by atoms with van der Waals surface area (Å²) in [7, 11) is 4.20. The lowest BCUT2D eigenvalue weighted by molar-refractivity contribution is 0.886. The Hall–Kier alpha value is -6.52. The van der Waals surface area contributed by atoms with Crippen LogP contribution in [0.5, 0.6) is 0 Å². The number of rotatable bonds is 4. The molecule has 4 heteroatoms. The Balaban J connectivity index is 1.35. The van der Waals surface area contributed by atoms with Crippen molar-refractivity contribution in [3.63, 3.8) is 0 Å². The van der Waals surface area contributed by atoms with Gasteiger partial charge in [0.2, 0.25) is 0 Å². The molecule has 0 N–H and O–H groups in total. The molecule has 0 saturated heterocycles. The van der Waals surface area contributed by atoms with Gasteiger partial charge in [-0.3, -0.25) is 0 Å². The van der Waals surface area contributed by atoms with E-state index in [0.29, 0.717) is 0 Å². The first-order valence-electron chi connectivity index (χ1n) is 17.9. The molecule has 0 fully saturated rings. The summed E-state index contributed by atoms with van der Waals surface area (Å²) in [6.07, 6.45) is 0. The van der Waals surface area contributed by atoms with E-state index in [-0.39, 0.29) is 0 Å². The zero-order valence-corrected chi connectivity index (χ0v) is 29.6. The molecular weight excluding hydrogens is 633 g/mol. The molecule has 0 bridgehead atoms. The molecule has 0 unspecified atom stereocenters. The normalized spacial score (nSPS) is 11.8. The highest BCUT2D eigenvalue weighted by Gasteiger charge is 2.20. The Morgan fingerprint density at radius 3 is 1.46 bits per heavy atom. The summed E-state index contributed by atoms with van der Waals surface area (Å²) < 4.78 is 4.36. The Morgan fingerprint density at radius 1 is 0.404 bits per heavy atom. The van der Waals surface area contributed by atoms with Gasteiger partial charge in [0, 0.05) is 14.1 Å². The smallest absolute Gasteiger partial charge is 0.106 e. The van der Waals surface area contributed by atoms with Crippen molar-refractivity contribution in [3.8, 4) is 44.5 Å². The van der Waals surface area contributed by atoms with E-state index in [1.807, 2.05) is 0 Å². The molecule has 0 aliphatic carbocycles. The van der Waals surface area contributed by atoms with E-state index in [0.717, 1.165) is 33.7 Å². The minimum atomic E-state index is 1.01. The summed E-state index contributed by atoms with van der Waals surface area (Å²) in [6.45, 7) is 4.13. The van der Waals surface area contributed by atoms with E-state index in [2.05, 4.69) is 183 Å². The molecule has 4 nitrogen and oxygen atoms in total. The minimum absolute atomic E-state index is 1.01. The maximum Gasteiger partial charge on any atom is 0.106 e. The van der Waals surface area contributed by atoms with Crippen LogP contribution in [0.1, 0.15) is 11.6 Å². The van der Waals surface area contributed by atoms with Crippen LogP contribution in [-0.2, 0) is 14.1 Å². The van der Waals surface area contributed by atoms with Gasteiger partial charge in [-0.1, -0.05) is 115 Å². The van der Waals surface area contributed by atoms with E-state index in [9.17, 15) is 0 Å². The van der Waals surface area contributed by atoms with Crippen LogP contribution in [0.2, 0.25) is 0 Å². The predicted molar refractivity (Wildman–Crippen MR) is 219 cm³/mol. The largest absolute Gasteiger partial charge is 0.331 e. The van der Waals surface area contributed by atoms with Crippen LogP contribution in [0.3, 0.4) is 0 Å². The van der Waals surface area contributed by atoms with Gasteiger partial charge < -0.3 is 9.13 Å². The first-order valence-corrected chi connectivity index (χ1v) is 17.9. The monoisotopic (exact) mass is 668 g/mol. The first-order chi connectivity index (χ1) is 25.4. The zero-order valence-electron chi connectivity index (χ0n) is 29.6. The molecule has 10 aromatic rings. The number of hydrogen-bond acceptors (Lipinski definition) is 2. The molecular formula is C48H36N4. The van der Waals surface area contributed by atoms with Crippen LogP contribution >= 0.6 is 0 Å². The molecule has 2 heterocycles. The van der Waals surface area contributed by atoms with Crippen LogP contribution in [0.4, 0.5) is 0 Å². The molecule has 0 atom stereocenters. The lowest BCUT2D eigenvalue weighted by Gasteiger charge is -2.20. The summed E-state index contributed by atoms with van der Waals surface area (Å²) in [4.78, 5) is 9.60. The fourth-order valence-electron chi connectivity index (χ4n) is 8.32. The molecule has 0 radical (unpaired) electrons. The summed E-state index contributed by atoms with van der Waals surface area (Å²) in [5, 5.41) is 7.41. The van der Waals surface area contributed by atoms with Gasteiger partial charge in [0.15, 0.2) is 0 Å². The van der Waals surface area contributed by atoms with E-state index >= 15 is 0 Å². The fraction of sp³-hybridized carbons (Fsp3) is 0.0833. The average Bonchev–Trinajstić information content (AvgIpc) is 3.64. The van der Waals surface area contributed by atoms with Crippen LogP contribution in [0.25, 0.3) is 98.9 Å². The van der Waals surface area contributed by atoms with E-state index in [1.54, 1.807) is 0 Å². The van der Waals surface area contributed by atoms with E-state index in [4.69, 9.17) is 9.97 Å². The van der Waals surface area contributed by atoms with Gasteiger partial charge in [-0.05, 0) is 121 Å². The molecule has 0 aliphatic heterocycles. The Bertz CT molecular complexity index is 2900. The third-order valence-corrected chi connectivity index (χ3v) is 11.1. The molecule has 2 aromatic heterocycles. The third kappa shape index (κ3) is 4.54. The van der Waals surface area contributed by atoms with E-state index in [1.165, 1.54) is 76.8 Å². The summed E-state index contributed by atoms with van der Waals surface area (Å²) >= 11 is 0. The molecule has 10 rings (SSSR count). The molecule has 0 spiro atoms. The van der Waals surface area contributed by atoms with Gasteiger partial charge >= 0.3 is 0 Å². The maximum absolute atomic E-state index is 4.80. The van der Waals surface area contributed by atoms with Crippen LogP contribution in [-0.4, -0.2) is 19.1 Å². The predicted octanol–water partition coefficient (Wildman–Crippen LogP) is 12.2. The molecule has 248 valence electrons. The number of aryl methyl sites for hydroxylation is 4. The van der Waals surface area contributed by atoms with Crippen LogP contribution in [0, 0.1) is 13.8 Å². The highest BCUT2D eigenvalue weighted by atomic mass is 15.1. The highest BCUT2D eigenvalue weighted by molar-refractivity contribution is 6.23. The maximum atomic E-state index is 4.80. The number of nitrogens with zero attached hydrogens (tertiary/aromatic N) is 4. The second-order valence-corrected chi connectivity index (χ2v) is 14.0. The molecule has 0 amide bonds. The van der Waals surface area contributed by atoms with Crippen molar-refractivity contribution in [2.24, 2.45) is 14.1 Å². The number of fused-ring (bicyclic) bond motifs is 5. The number of benzene rings is 8. The summed E-state index contributed by atoms with van der Waals surface area (Å²) in [6, 6.07) is 53.6. The number of aromatic nitrogens is 4.